The SMILES string of the molecule is CCCc1nc(NN)c(C)c(Oc2ccc(Cl)cc2Br)n1. The molecule has 0 aliphatic heterocycles. The molecule has 0 atom stereocenters. The van der Waals surface area contributed by atoms with Crippen molar-refractivity contribution in [3.05, 3.63) is 39.1 Å². The van der Waals surface area contributed by atoms with Crippen molar-refractivity contribution in [1.82, 2.24) is 9.97 Å². The normalized spacial score (nSPS) is 10.5. The second kappa shape index (κ2) is 7.06. The molecule has 0 saturated heterocycles. The number of anilines is 1. The van der Waals surface area contributed by atoms with Gasteiger partial charge in [-0.1, -0.05) is 18.5 Å². The summed E-state index contributed by atoms with van der Waals surface area (Å²) in [5.74, 6) is 7.87. The molecule has 112 valence electrons. The van der Waals surface area contributed by atoms with Gasteiger partial charge in [0.2, 0.25) is 5.88 Å². The second-order valence-electron chi connectivity index (χ2n) is 4.49. The van der Waals surface area contributed by atoms with Crippen LogP contribution in [0.4, 0.5) is 5.82 Å². The van der Waals surface area contributed by atoms with E-state index in [9.17, 15) is 0 Å². The van der Waals surface area contributed by atoms with Crippen LogP contribution < -0.4 is 16.0 Å². The molecular formula is C14H16BrClN4O. The van der Waals surface area contributed by atoms with Crippen LogP contribution in [-0.2, 0) is 6.42 Å². The number of nitrogen functional groups attached to an aromatic ring is 1. The molecule has 3 N–H and O–H groups in total. The summed E-state index contributed by atoms with van der Waals surface area (Å²) in [6, 6.07) is 5.30. The summed E-state index contributed by atoms with van der Waals surface area (Å²) >= 11 is 9.35. The van der Waals surface area contributed by atoms with Gasteiger partial charge in [-0.25, -0.2) is 10.8 Å². The summed E-state index contributed by atoms with van der Waals surface area (Å²) < 4.78 is 6.63. The van der Waals surface area contributed by atoms with Gasteiger partial charge in [-0.15, -0.1) is 0 Å². The number of benzene rings is 1. The van der Waals surface area contributed by atoms with Crippen molar-refractivity contribution >= 4 is 33.3 Å². The Morgan fingerprint density at radius 1 is 1.38 bits per heavy atom. The smallest absolute Gasteiger partial charge is 0.227 e. The Balaban J connectivity index is 2.40. The number of hydrogen-bond donors (Lipinski definition) is 2. The number of ether oxygens (including phenoxy) is 1. The number of hydrogen-bond acceptors (Lipinski definition) is 5. The first kappa shape index (κ1) is 16.0. The van der Waals surface area contributed by atoms with Crippen molar-refractivity contribution in [2.24, 2.45) is 5.84 Å². The molecule has 5 nitrogen and oxygen atoms in total. The fourth-order valence-corrected chi connectivity index (χ4v) is 2.54. The number of halogens is 2. The quantitative estimate of drug-likeness (QED) is 0.608. The fraction of sp³-hybridized carbons (Fsp3) is 0.286. The molecule has 1 aromatic carbocycles. The minimum absolute atomic E-state index is 0.476. The molecule has 2 rings (SSSR count). The lowest BCUT2D eigenvalue weighted by Gasteiger charge is -2.13. The van der Waals surface area contributed by atoms with Gasteiger partial charge in [0, 0.05) is 11.4 Å². The zero-order valence-corrected chi connectivity index (χ0v) is 14.1. The summed E-state index contributed by atoms with van der Waals surface area (Å²) in [6.45, 7) is 3.92. The molecule has 1 heterocycles. The summed E-state index contributed by atoms with van der Waals surface area (Å²) in [5.41, 5.74) is 3.33. The average Bonchev–Trinajstić information content (AvgIpc) is 2.45. The zero-order valence-electron chi connectivity index (χ0n) is 11.8. The van der Waals surface area contributed by atoms with Crippen LogP contribution in [0.25, 0.3) is 0 Å². The van der Waals surface area contributed by atoms with Crippen molar-refractivity contribution in [3.8, 4) is 11.6 Å². The zero-order chi connectivity index (χ0) is 15.4. The van der Waals surface area contributed by atoms with E-state index in [4.69, 9.17) is 22.2 Å². The summed E-state index contributed by atoms with van der Waals surface area (Å²) in [6.07, 6.45) is 1.70. The third kappa shape index (κ3) is 3.84. The van der Waals surface area contributed by atoms with Gasteiger partial charge in [-0.3, -0.25) is 0 Å². The maximum Gasteiger partial charge on any atom is 0.227 e. The third-order valence-electron chi connectivity index (χ3n) is 2.86. The van der Waals surface area contributed by atoms with E-state index in [1.807, 2.05) is 6.92 Å². The molecule has 0 spiro atoms. The number of nitrogens with one attached hydrogen (secondary N) is 1. The van der Waals surface area contributed by atoms with Crippen molar-refractivity contribution in [2.75, 3.05) is 5.43 Å². The molecule has 0 saturated carbocycles. The Morgan fingerprint density at radius 3 is 2.76 bits per heavy atom. The number of hydrazine groups is 1. The fourth-order valence-electron chi connectivity index (χ4n) is 1.78. The largest absolute Gasteiger partial charge is 0.437 e. The first-order chi connectivity index (χ1) is 10.0. The van der Waals surface area contributed by atoms with Crippen LogP contribution >= 0.6 is 27.5 Å². The van der Waals surface area contributed by atoms with Gasteiger partial charge in [0.15, 0.2) is 0 Å². The van der Waals surface area contributed by atoms with Crippen LogP contribution in [0.1, 0.15) is 24.7 Å². The summed E-state index contributed by atoms with van der Waals surface area (Å²) in [7, 11) is 0. The molecule has 0 aliphatic rings. The molecule has 2 aromatic rings. The predicted octanol–water partition coefficient (Wildman–Crippen LogP) is 4.23. The molecule has 0 unspecified atom stereocenters. The van der Waals surface area contributed by atoms with Crippen molar-refractivity contribution in [3.63, 3.8) is 0 Å². The van der Waals surface area contributed by atoms with Gasteiger partial charge < -0.3 is 10.2 Å². The van der Waals surface area contributed by atoms with E-state index in [1.54, 1.807) is 18.2 Å². The lowest BCUT2D eigenvalue weighted by Crippen LogP contribution is -2.13. The second-order valence-corrected chi connectivity index (χ2v) is 5.78. The molecule has 0 fully saturated rings. The number of aryl methyl sites for hydroxylation is 1. The highest BCUT2D eigenvalue weighted by Gasteiger charge is 2.13. The first-order valence-corrected chi connectivity index (χ1v) is 7.69. The number of nitrogens with two attached hydrogens (primary N) is 1. The van der Waals surface area contributed by atoms with E-state index >= 15 is 0 Å². The Bertz CT molecular complexity index is 651. The maximum atomic E-state index is 5.93. The van der Waals surface area contributed by atoms with Gasteiger partial charge in [0.1, 0.15) is 17.4 Å². The molecule has 0 bridgehead atoms. The van der Waals surface area contributed by atoms with E-state index in [2.05, 4.69) is 38.2 Å². The third-order valence-corrected chi connectivity index (χ3v) is 3.71. The Morgan fingerprint density at radius 2 is 2.14 bits per heavy atom. The maximum absolute atomic E-state index is 5.93. The Labute approximate surface area is 137 Å². The van der Waals surface area contributed by atoms with Crippen LogP contribution in [0.2, 0.25) is 5.02 Å². The number of rotatable bonds is 5. The lowest BCUT2D eigenvalue weighted by atomic mass is 10.3. The van der Waals surface area contributed by atoms with E-state index < -0.39 is 0 Å². The highest BCUT2D eigenvalue weighted by molar-refractivity contribution is 9.10. The van der Waals surface area contributed by atoms with Crippen molar-refractivity contribution < 1.29 is 4.74 Å². The van der Waals surface area contributed by atoms with Gasteiger partial charge in [0.25, 0.3) is 0 Å². The minimum Gasteiger partial charge on any atom is -0.437 e. The van der Waals surface area contributed by atoms with E-state index in [0.29, 0.717) is 28.3 Å². The standard InChI is InChI=1S/C14H16BrClN4O/c1-3-4-12-18-13(20-17)8(2)14(19-12)21-11-6-5-9(16)7-10(11)15/h5-7H,3-4,17H2,1-2H3,(H,18,19,20). The Kier molecular flexibility index (Phi) is 5.39. The van der Waals surface area contributed by atoms with Gasteiger partial charge in [-0.05, 0) is 47.5 Å². The van der Waals surface area contributed by atoms with E-state index in [1.165, 1.54) is 0 Å². The average molecular weight is 372 g/mol. The lowest BCUT2D eigenvalue weighted by molar-refractivity contribution is 0.452. The topological polar surface area (TPSA) is 73.1 Å². The van der Waals surface area contributed by atoms with Crippen LogP contribution in [0.5, 0.6) is 11.6 Å². The monoisotopic (exact) mass is 370 g/mol. The molecule has 1 aromatic heterocycles. The molecule has 0 amide bonds. The number of nitrogens with zero attached hydrogens (tertiary/aromatic N) is 2. The van der Waals surface area contributed by atoms with Crippen molar-refractivity contribution in [1.29, 1.82) is 0 Å². The van der Waals surface area contributed by atoms with Gasteiger partial charge >= 0.3 is 0 Å². The predicted molar refractivity (Wildman–Crippen MR) is 87.8 cm³/mol. The molecule has 0 radical (unpaired) electrons. The van der Waals surface area contributed by atoms with Crippen LogP contribution in [-0.4, -0.2) is 9.97 Å². The Hall–Kier alpha value is -1.37. The summed E-state index contributed by atoms with van der Waals surface area (Å²) in [5, 5.41) is 0.629. The number of aromatic nitrogens is 2. The van der Waals surface area contributed by atoms with Crippen molar-refractivity contribution in [2.45, 2.75) is 26.7 Å². The molecular weight excluding hydrogens is 356 g/mol. The highest BCUT2D eigenvalue weighted by atomic mass is 79.9. The van der Waals surface area contributed by atoms with Gasteiger partial charge in [-0.2, -0.15) is 4.98 Å². The summed E-state index contributed by atoms with van der Waals surface area (Å²) in [4.78, 5) is 8.81. The molecule has 7 heteroatoms. The highest BCUT2D eigenvalue weighted by Crippen LogP contribution is 2.33. The van der Waals surface area contributed by atoms with Crippen LogP contribution in [0.3, 0.4) is 0 Å². The van der Waals surface area contributed by atoms with E-state index in [0.717, 1.165) is 22.9 Å². The molecule has 0 aliphatic carbocycles. The minimum atomic E-state index is 0.476. The van der Waals surface area contributed by atoms with E-state index in [-0.39, 0.29) is 0 Å². The first-order valence-electron chi connectivity index (χ1n) is 6.52. The molecule has 21 heavy (non-hydrogen) atoms. The van der Waals surface area contributed by atoms with Crippen LogP contribution in [0, 0.1) is 6.92 Å². The van der Waals surface area contributed by atoms with Gasteiger partial charge in [0.05, 0.1) is 10.0 Å². The van der Waals surface area contributed by atoms with Crippen LogP contribution in [0.15, 0.2) is 22.7 Å².